The van der Waals surface area contributed by atoms with Gasteiger partial charge in [-0.1, -0.05) is 6.92 Å². The summed E-state index contributed by atoms with van der Waals surface area (Å²) in [5.74, 6) is 2.45. The van der Waals surface area contributed by atoms with Crippen LogP contribution in [0.15, 0.2) is 24.4 Å². The number of hydrogen-bond donors (Lipinski definition) is 1. The van der Waals surface area contributed by atoms with Crippen molar-refractivity contribution in [3.63, 3.8) is 0 Å². The van der Waals surface area contributed by atoms with Crippen LogP contribution in [0.2, 0.25) is 0 Å². The normalized spacial score (nSPS) is 18.3. The summed E-state index contributed by atoms with van der Waals surface area (Å²) >= 11 is 0. The fraction of sp³-hybridized carbons (Fsp3) is 0.619. The Balaban J connectivity index is 1.51. The number of nitrogens with one attached hydrogen (secondary N) is 1. The van der Waals surface area contributed by atoms with Gasteiger partial charge in [0.15, 0.2) is 0 Å². The van der Waals surface area contributed by atoms with Gasteiger partial charge in [-0.25, -0.2) is 4.98 Å². The van der Waals surface area contributed by atoms with Crippen molar-refractivity contribution in [1.82, 2.24) is 19.8 Å². The molecule has 0 radical (unpaired) electrons. The number of carbonyl (C=O) groups excluding carboxylic acids is 1. The Labute approximate surface area is 156 Å². The molecule has 0 aromatic rings. The van der Waals surface area contributed by atoms with E-state index in [1.807, 2.05) is 16.8 Å². The Morgan fingerprint density at radius 1 is 1.31 bits per heavy atom. The smallest absolute Gasteiger partial charge is 0.242 e. The molecular weight excluding hydrogens is 324 g/mol. The van der Waals surface area contributed by atoms with Crippen LogP contribution in [0, 0.1) is 5.92 Å². The van der Waals surface area contributed by atoms with Gasteiger partial charge < -0.3 is 14.8 Å². The lowest BCUT2D eigenvalue weighted by atomic mass is 9.95. The van der Waals surface area contributed by atoms with Gasteiger partial charge in [-0.15, -0.1) is 0 Å². The standard InChI is InChI=1S/C21H30N4O/c1-2-11-24(14-16-5-6-16)20(26)15-25-12-3-4-18-13-19(23-21(18)25)17-7-9-22-10-8-17/h3-4,12-13,16-17,22H,2,5-11,14-15H2,1H3. The highest BCUT2D eigenvalue weighted by atomic mass is 16.2. The maximum Gasteiger partial charge on any atom is 0.242 e. The summed E-state index contributed by atoms with van der Waals surface area (Å²) in [4.78, 5) is 19.9. The maximum absolute atomic E-state index is 12.9. The first-order valence-corrected chi connectivity index (χ1v) is 10.2. The quantitative estimate of drug-likeness (QED) is 0.831. The number of amides is 1. The molecule has 0 bridgehead atoms. The molecule has 0 unspecified atom stereocenters. The average molecular weight is 354 g/mol. The SMILES string of the molecule is CCCN(CC1CC1)C(=O)Cn1cccc2cc(C3CCNCC3)nc1-2. The van der Waals surface area contributed by atoms with Crippen LogP contribution < -0.4 is 5.32 Å². The van der Waals surface area contributed by atoms with E-state index in [2.05, 4.69) is 29.3 Å². The average Bonchev–Trinajstić information content (AvgIpc) is 3.37. The lowest BCUT2D eigenvalue weighted by molar-refractivity contribution is -0.132. The van der Waals surface area contributed by atoms with Crippen LogP contribution in [0.4, 0.5) is 0 Å². The van der Waals surface area contributed by atoms with Crippen molar-refractivity contribution in [2.75, 3.05) is 26.2 Å². The van der Waals surface area contributed by atoms with Gasteiger partial charge in [0.2, 0.25) is 5.91 Å². The molecule has 1 aliphatic carbocycles. The van der Waals surface area contributed by atoms with Crippen molar-refractivity contribution < 1.29 is 4.79 Å². The van der Waals surface area contributed by atoms with Crippen LogP contribution in [0.1, 0.15) is 50.6 Å². The summed E-state index contributed by atoms with van der Waals surface area (Å²) in [5.41, 5.74) is 2.34. The van der Waals surface area contributed by atoms with Crippen molar-refractivity contribution in [2.24, 2.45) is 5.92 Å². The van der Waals surface area contributed by atoms with Gasteiger partial charge in [-0.3, -0.25) is 4.79 Å². The Hall–Kier alpha value is -1.88. The molecule has 0 aromatic carbocycles. The van der Waals surface area contributed by atoms with Gasteiger partial charge in [0.05, 0.1) is 0 Å². The van der Waals surface area contributed by atoms with Crippen molar-refractivity contribution in [3.05, 3.63) is 30.1 Å². The number of piperidine rings is 1. The maximum atomic E-state index is 12.9. The highest BCUT2D eigenvalue weighted by Gasteiger charge is 2.27. The molecule has 5 heteroatoms. The van der Waals surface area contributed by atoms with E-state index in [9.17, 15) is 4.79 Å². The molecule has 1 amide bonds. The van der Waals surface area contributed by atoms with E-state index < -0.39 is 0 Å². The zero-order valence-corrected chi connectivity index (χ0v) is 15.8. The van der Waals surface area contributed by atoms with Crippen molar-refractivity contribution in [3.8, 4) is 11.4 Å². The molecule has 2 fully saturated rings. The fourth-order valence-corrected chi connectivity index (χ4v) is 4.02. The lowest BCUT2D eigenvalue weighted by Crippen LogP contribution is -2.36. The molecule has 0 atom stereocenters. The number of nitrogens with zero attached hydrogens (tertiary/aromatic N) is 3. The van der Waals surface area contributed by atoms with Gasteiger partial charge in [-0.05, 0) is 69.3 Å². The molecule has 3 heterocycles. The fourth-order valence-electron chi connectivity index (χ4n) is 4.02. The molecule has 4 aliphatic rings. The van der Waals surface area contributed by atoms with Crippen LogP contribution in [0.25, 0.3) is 11.4 Å². The Morgan fingerprint density at radius 2 is 2.12 bits per heavy atom. The van der Waals surface area contributed by atoms with E-state index >= 15 is 0 Å². The zero-order chi connectivity index (χ0) is 17.9. The number of hydrogen-bond acceptors (Lipinski definition) is 3. The molecule has 26 heavy (non-hydrogen) atoms. The third kappa shape index (κ3) is 3.93. The monoisotopic (exact) mass is 354 g/mol. The third-order valence-electron chi connectivity index (χ3n) is 5.70. The molecular formula is C21H30N4O. The van der Waals surface area contributed by atoms with Gasteiger partial charge >= 0.3 is 0 Å². The molecule has 5 nitrogen and oxygen atoms in total. The van der Waals surface area contributed by atoms with E-state index in [1.165, 1.54) is 18.5 Å². The van der Waals surface area contributed by atoms with Gasteiger partial charge in [0.25, 0.3) is 0 Å². The second-order valence-corrected chi connectivity index (χ2v) is 7.90. The highest BCUT2D eigenvalue weighted by Crippen LogP contribution is 2.32. The van der Waals surface area contributed by atoms with Crippen LogP contribution >= 0.6 is 0 Å². The lowest BCUT2D eigenvalue weighted by Gasteiger charge is -2.23. The van der Waals surface area contributed by atoms with E-state index in [0.29, 0.717) is 12.5 Å². The van der Waals surface area contributed by atoms with Crippen LogP contribution in [-0.2, 0) is 11.3 Å². The van der Waals surface area contributed by atoms with E-state index in [4.69, 9.17) is 4.98 Å². The van der Waals surface area contributed by atoms with Crippen molar-refractivity contribution >= 4 is 5.91 Å². The van der Waals surface area contributed by atoms with Crippen LogP contribution in [0.5, 0.6) is 0 Å². The first kappa shape index (κ1) is 17.5. The molecule has 0 spiro atoms. The van der Waals surface area contributed by atoms with E-state index in [0.717, 1.165) is 62.7 Å². The minimum Gasteiger partial charge on any atom is -0.341 e. The minimum atomic E-state index is 0.225. The molecule has 1 saturated heterocycles. The summed E-state index contributed by atoms with van der Waals surface area (Å²) in [6.07, 6.45) is 7.87. The number of pyridine rings is 1. The highest BCUT2D eigenvalue weighted by molar-refractivity contribution is 5.77. The topological polar surface area (TPSA) is 50.2 Å². The van der Waals surface area contributed by atoms with E-state index in [1.54, 1.807) is 0 Å². The summed E-state index contributed by atoms with van der Waals surface area (Å²) in [6, 6.07) is 6.37. The molecule has 3 aliphatic heterocycles. The van der Waals surface area contributed by atoms with Crippen molar-refractivity contribution in [1.29, 1.82) is 0 Å². The molecule has 1 saturated carbocycles. The summed E-state index contributed by atoms with van der Waals surface area (Å²) in [6.45, 7) is 6.47. The first-order valence-electron chi connectivity index (χ1n) is 10.2. The van der Waals surface area contributed by atoms with Crippen LogP contribution in [-0.4, -0.2) is 46.5 Å². The second kappa shape index (κ2) is 7.78. The number of fused-ring (bicyclic) bond motifs is 1. The van der Waals surface area contributed by atoms with Gasteiger partial charge in [-0.2, -0.15) is 0 Å². The summed E-state index contributed by atoms with van der Waals surface area (Å²) < 4.78 is 2.04. The van der Waals surface area contributed by atoms with Gasteiger partial charge in [0.1, 0.15) is 12.4 Å². The van der Waals surface area contributed by atoms with Crippen molar-refractivity contribution in [2.45, 2.75) is 51.5 Å². The molecule has 140 valence electrons. The summed E-state index contributed by atoms with van der Waals surface area (Å²) in [5, 5.41) is 3.42. The molecule has 0 aromatic heterocycles. The van der Waals surface area contributed by atoms with Gasteiger partial charge in [0, 0.05) is 36.5 Å². The predicted molar refractivity (Wildman–Crippen MR) is 103 cm³/mol. The Morgan fingerprint density at radius 3 is 2.85 bits per heavy atom. The molecule has 1 N–H and O–H groups in total. The number of rotatable bonds is 7. The largest absolute Gasteiger partial charge is 0.341 e. The van der Waals surface area contributed by atoms with E-state index in [-0.39, 0.29) is 5.91 Å². The second-order valence-electron chi connectivity index (χ2n) is 7.90. The first-order chi connectivity index (χ1) is 12.7. The minimum absolute atomic E-state index is 0.225. The van der Waals surface area contributed by atoms with Crippen LogP contribution in [0.3, 0.4) is 0 Å². The number of aromatic nitrogens is 2. The molecule has 4 rings (SSSR count). The number of carbonyl (C=O) groups is 1. The summed E-state index contributed by atoms with van der Waals surface area (Å²) in [7, 11) is 0. The third-order valence-corrected chi connectivity index (χ3v) is 5.70. The predicted octanol–water partition coefficient (Wildman–Crippen LogP) is 3.10. The Bertz CT molecular complexity index is 715. The Kier molecular flexibility index (Phi) is 5.25. The zero-order valence-electron chi connectivity index (χ0n) is 15.8.